The summed E-state index contributed by atoms with van der Waals surface area (Å²) in [5, 5.41) is 0. The van der Waals surface area contributed by atoms with Crippen LogP contribution in [0.2, 0.25) is 0 Å². The number of hydrogen-bond donors (Lipinski definition) is 1. The first-order valence-electron chi connectivity index (χ1n) is 6.26. The Kier molecular flexibility index (Phi) is 4.37. The van der Waals surface area contributed by atoms with Crippen LogP contribution in [0.1, 0.15) is 24.8 Å². The largest absolute Gasteiger partial charge is 0.377 e. The van der Waals surface area contributed by atoms with Crippen molar-refractivity contribution in [2.24, 2.45) is 0 Å². The van der Waals surface area contributed by atoms with E-state index in [4.69, 9.17) is 4.74 Å². The van der Waals surface area contributed by atoms with E-state index in [1.54, 1.807) is 25.1 Å². The lowest BCUT2D eigenvalue weighted by Gasteiger charge is -2.22. The van der Waals surface area contributed by atoms with Gasteiger partial charge >= 0.3 is 0 Å². The molecule has 100 valence electrons. The van der Waals surface area contributed by atoms with Gasteiger partial charge in [-0.25, -0.2) is 13.1 Å². The Morgan fingerprint density at radius 2 is 2.11 bits per heavy atom. The summed E-state index contributed by atoms with van der Waals surface area (Å²) < 4.78 is 32.4. The van der Waals surface area contributed by atoms with Gasteiger partial charge in [0.2, 0.25) is 10.0 Å². The lowest BCUT2D eigenvalue weighted by molar-refractivity contribution is 0.0200. The predicted molar refractivity (Wildman–Crippen MR) is 70.0 cm³/mol. The van der Waals surface area contributed by atoms with Gasteiger partial charge in [-0.3, -0.25) is 0 Å². The van der Waals surface area contributed by atoms with Crippen molar-refractivity contribution in [3.8, 4) is 0 Å². The summed E-state index contributed by atoms with van der Waals surface area (Å²) in [7, 11) is -3.42. The van der Waals surface area contributed by atoms with Crippen LogP contribution in [0.4, 0.5) is 0 Å². The van der Waals surface area contributed by atoms with E-state index >= 15 is 0 Å². The summed E-state index contributed by atoms with van der Waals surface area (Å²) in [6.45, 7) is 2.89. The van der Waals surface area contributed by atoms with Gasteiger partial charge in [-0.15, -0.1) is 0 Å². The van der Waals surface area contributed by atoms with Gasteiger partial charge in [-0.1, -0.05) is 18.2 Å². The minimum Gasteiger partial charge on any atom is -0.377 e. The van der Waals surface area contributed by atoms with E-state index in [0.29, 0.717) is 11.4 Å². The molecule has 0 bridgehead atoms. The van der Waals surface area contributed by atoms with Crippen LogP contribution in [0.5, 0.6) is 0 Å². The third-order valence-corrected chi connectivity index (χ3v) is 4.74. The second kappa shape index (κ2) is 5.82. The molecule has 1 unspecified atom stereocenters. The zero-order valence-electron chi connectivity index (χ0n) is 10.6. The molecule has 5 heteroatoms. The van der Waals surface area contributed by atoms with E-state index in [0.717, 1.165) is 31.4 Å². The molecule has 1 atom stereocenters. The highest BCUT2D eigenvalue weighted by atomic mass is 32.2. The van der Waals surface area contributed by atoms with Gasteiger partial charge in [0.1, 0.15) is 0 Å². The molecule has 1 aliphatic heterocycles. The maximum absolute atomic E-state index is 12.1. The molecule has 0 aromatic heterocycles. The standard InChI is InChI=1S/C13H19NO3S/c1-11-6-2-3-8-13(11)18(15,16)14-10-12-7-4-5-9-17-12/h2-3,6,8,12,14H,4-5,7,9-10H2,1H3. The molecule has 1 fully saturated rings. The first-order chi connectivity index (χ1) is 8.59. The fraction of sp³-hybridized carbons (Fsp3) is 0.538. The Labute approximate surface area is 108 Å². The molecular formula is C13H19NO3S. The molecule has 0 radical (unpaired) electrons. The zero-order valence-corrected chi connectivity index (χ0v) is 11.4. The molecule has 1 N–H and O–H groups in total. The van der Waals surface area contributed by atoms with Crippen LogP contribution in [0, 0.1) is 6.92 Å². The Morgan fingerprint density at radius 1 is 1.33 bits per heavy atom. The van der Waals surface area contributed by atoms with Gasteiger partial charge in [-0.05, 0) is 37.8 Å². The lowest BCUT2D eigenvalue weighted by Crippen LogP contribution is -2.35. The summed E-state index contributed by atoms with van der Waals surface area (Å²) in [6, 6.07) is 6.99. The Balaban J connectivity index is 2.01. The smallest absolute Gasteiger partial charge is 0.240 e. The van der Waals surface area contributed by atoms with E-state index in [1.165, 1.54) is 0 Å². The number of rotatable bonds is 4. The van der Waals surface area contributed by atoms with Crippen molar-refractivity contribution in [3.63, 3.8) is 0 Å². The van der Waals surface area contributed by atoms with Crippen LogP contribution < -0.4 is 4.72 Å². The van der Waals surface area contributed by atoms with E-state index < -0.39 is 10.0 Å². The number of hydrogen-bond acceptors (Lipinski definition) is 3. The first-order valence-corrected chi connectivity index (χ1v) is 7.75. The normalized spacial score (nSPS) is 20.8. The number of benzene rings is 1. The van der Waals surface area contributed by atoms with E-state index in [-0.39, 0.29) is 6.10 Å². The van der Waals surface area contributed by atoms with Crippen LogP contribution in [0.25, 0.3) is 0 Å². The summed E-state index contributed by atoms with van der Waals surface area (Å²) in [5.41, 5.74) is 0.759. The quantitative estimate of drug-likeness (QED) is 0.907. The highest BCUT2D eigenvalue weighted by molar-refractivity contribution is 7.89. The summed E-state index contributed by atoms with van der Waals surface area (Å²) >= 11 is 0. The predicted octanol–water partition coefficient (Wildman–Crippen LogP) is 1.84. The van der Waals surface area contributed by atoms with Gasteiger partial charge < -0.3 is 4.74 Å². The topological polar surface area (TPSA) is 55.4 Å². The van der Waals surface area contributed by atoms with Crippen LogP contribution >= 0.6 is 0 Å². The molecule has 4 nitrogen and oxygen atoms in total. The number of sulfonamides is 1. The molecule has 2 rings (SSSR count). The van der Waals surface area contributed by atoms with Crippen LogP contribution in [-0.2, 0) is 14.8 Å². The van der Waals surface area contributed by atoms with Gasteiger partial charge in [0.15, 0.2) is 0 Å². The molecule has 0 aliphatic carbocycles. The fourth-order valence-electron chi connectivity index (χ4n) is 2.11. The monoisotopic (exact) mass is 269 g/mol. The average Bonchev–Trinajstić information content (AvgIpc) is 2.38. The Bertz CT molecular complexity index is 493. The van der Waals surface area contributed by atoms with Gasteiger partial charge in [0, 0.05) is 13.2 Å². The molecular weight excluding hydrogens is 250 g/mol. The summed E-state index contributed by atoms with van der Waals surface area (Å²) in [5.74, 6) is 0. The van der Waals surface area contributed by atoms with Gasteiger partial charge in [0.25, 0.3) is 0 Å². The van der Waals surface area contributed by atoms with Crippen molar-refractivity contribution in [1.29, 1.82) is 0 Å². The van der Waals surface area contributed by atoms with Crippen LogP contribution in [0.15, 0.2) is 29.2 Å². The van der Waals surface area contributed by atoms with Crippen molar-refractivity contribution in [3.05, 3.63) is 29.8 Å². The highest BCUT2D eigenvalue weighted by Crippen LogP contribution is 2.15. The average molecular weight is 269 g/mol. The summed E-state index contributed by atoms with van der Waals surface area (Å²) in [6.07, 6.45) is 3.12. The molecule has 0 saturated carbocycles. The SMILES string of the molecule is Cc1ccccc1S(=O)(=O)NCC1CCCCO1. The third kappa shape index (κ3) is 3.31. The van der Waals surface area contributed by atoms with E-state index in [2.05, 4.69) is 4.72 Å². The second-order valence-corrected chi connectivity index (χ2v) is 6.34. The molecule has 1 aromatic carbocycles. The Hall–Kier alpha value is -0.910. The zero-order chi connectivity index (χ0) is 13.0. The minimum atomic E-state index is -3.42. The van der Waals surface area contributed by atoms with Crippen LogP contribution in [0.3, 0.4) is 0 Å². The second-order valence-electron chi connectivity index (χ2n) is 4.61. The van der Waals surface area contributed by atoms with Gasteiger partial charge in [-0.2, -0.15) is 0 Å². The van der Waals surface area contributed by atoms with Crippen molar-refractivity contribution >= 4 is 10.0 Å². The summed E-state index contributed by atoms with van der Waals surface area (Å²) in [4.78, 5) is 0.348. The fourth-order valence-corrected chi connectivity index (χ4v) is 3.42. The Morgan fingerprint density at radius 3 is 2.78 bits per heavy atom. The van der Waals surface area contributed by atoms with E-state index in [1.807, 2.05) is 6.07 Å². The van der Waals surface area contributed by atoms with Crippen molar-refractivity contribution < 1.29 is 13.2 Å². The molecule has 1 aliphatic rings. The van der Waals surface area contributed by atoms with Crippen molar-refractivity contribution in [2.45, 2.75) is 37.2 Å². The molecule has 1 saturated heterocycles. The first kappa shape index (κ1) is 13.5. The number of nitrogens with one attached hydrogen (secondary N) is 1. The molecule has 0 amide bonds. The minimum absolute atomic E-state index is 0.0116. The molecule has 1 heterocycles. The van der Waals surface area contributed by atoms with Gasteiger partial charge in [0.05, 0.1) is 11.0 Å². The molecule has 1 aromatic rings. The number of ether oxygens (including phenoxy) is 1. The maximum atomic E-state index is 12.1. The molecule has 18 heavy (non-hydrogen) atoms. The van der Waals surface area contributed by atoms with Crippen LogP contribution in [-0.4, -0.2) is 27.7 Å². The van der Waals surface area contributed by atoms with E-state index in [9.17, 15) is 8.42 Å². The third-order valence-electron chi connectivity index (χ3n) is 3.16. The highest BCUT2D eigenvalue weighted by Gasteiger charge is 2.20. The van der Waals surface area contributed by atoms with Crippen molar-refractivity contribution in [1.82, 2.24) is 4.72 Å². The maximum Gasteiger partial charge on any atom is 0.240 e. The van der Waals surface area contributed by atoms with Crippen molar-refractivity contribution in [2.75, 3.05) is 13.2 Å². The number of aryl methyl sites for hydroxylation is 1. The lowest BCUT2D eigenvalue weighted by atomic mass is 10.1. The molecule has 0 spiro atoms.